The van der Waals surface area contributed by atoms with Crippen LogP contribution in [-0.4, -0.2) is 6.26 Å². The smallest absolute Gasteiger partial charge is 0.0503 e. The van der Waals surface area contributed by atoms with Gasteiger partial charge >= 0.3 is 0 Å². The number of aryl methyl sites for hydroxylation is 1. The normalized spacial score (nSPS) is 10.9. The summed E-state index contributed by atoms with van der Waals surface area (Å²) in [6.45, 7) is 2.11. The van der Waals surface area contributed by atoms with Crippen LogP contribution in [0.4, 0.5) is 5.69 Å². The van der Waals surface area contributed by atoms with Gasteiger partial charge in [0, 0.05) is 20.4 Å². The number of thiophene rings is 1. The van der Waals surface area contributed by atoms with E-state index in [0.29, 0.717) is 0 Å². The molecule has 1 aromatic carbocycles. The average molecular weight is 209 g/mol. The van der Waals surface area contributed by atoms with E-state index in [1.54, 1.807) is 23.1 Å². The lowest BCUT2D eigenvalue weighted by Gasteiger charge is -2.01. The summed E-state index contributed by atoms with van der Waals surface area (Å²) in [6.07, 6.45) is 2.10. The highest BCUT2D eigenvalue weighted by molar-refractivity contribution is 7.99. The molecule has 0 aliphatic carbocycles. The van der Waals surface area contributed by atoms with E-state index in [1.165, 1.54) is 20.5 Å². The number of hydrogen-bond acceptors (Lipinski definition) is 3. The number of benzene rings is 1. The molecular formula is C10H11NS2. The zero-order valence-electron chi connectivity index (χ0n) is 7.63. The highest BCUT2D eigenvalue weighted by Crippen LogP contribution is 2.35. The molecule has 13 heavy (non-hydrogen) atoms. The molecule has 1 aromatic heterocycles. The number of fused-ring (bicyclic) bond motifs is 1. The lowest BCUT2D eigenvalue weighted by Crippen LogP contribution is -1.82. The van der Waals surface area contributed by atoms with Crippen LogP contribution in [0.3, 0.4) is 0 Å². The van der Waals surface area contributed by atoms with Gasteiger partial charge in [-0.15, -0.1) is 23.1 Å². The minimum atomic E-state index is 0.902. The molecular weight excluding hydrogens is 198 g/mol. The molecule has 0 saturated heterocycles. The zero-order chi connectivity index (χ0) is 9.42. The van der Waals surface area contributed by atoms with Gasteiger partial charge in [0.25, 0.3) is 0 Å². The van der Waals surface area contributed by atoms with Crippen LogP contribution < -0.4 is 5.73 Å². The standard InChI is InChI=1S/C10H11NS2/c1-6-3-7-8(11)5-13-10(7)9(4-6)12-2/h3-5H,11H2,1-2H3. The van der Waals surface area contributed by atoms with Crippen LogP contribution in [0.25, 0.3) is 10.1 Å². The van der Waals surface area contributed by atoms with Crippen molar-refractivity contribution in [1.82, 2.24) is 0 Å². The molecule has 0 saturated carbocycles. The fraction of sp³-hybridized carbons (Fsp3) is 0.200. The first-order valence-corrected chi connectivity index (χ1v) is 6.14. The van der Waals surface area contributed by atoms with Gasteiger partial charge in [-0.1, -0.05) is 0 Å². The maximum atomic E-state index is 5.87. The van der Waals surface area contributed by atoms with Crippen molar-refractivity contribution < 1.29 is 0 Å². The van der Waals surface area contributed by atoms with Gasteiger partial charge < -0.3 is 5.73 Å². The van der Waals surface area contributed by atoms with E-state index in [4.69, 9.17) is 5.73 Å². The van der Waals surface area contributed by atoms with Crippen LogP contribution in [0.1, 0.15) is 5.56 Å². The second-order valence-corrected chi connectivity index (χ2v) is 4.76. The Morgan fingerprint density at radius 2 is 2.15 bits per heavy atom. The molecule has 0 bridgehead atoms. The molecule has 0 atom stereocenters. The molecule has 0 radical (unpaired) electrons. The van der Waals surface area contributed by atoms with Crippen molar-refractivity contribution in [3.63, 3.8) is 0 Å². The average Bonchev–Trinajstić information content (AvgIpc) is 2.47. The lowest BCUT2D eigenvalue weighted by molar-refractivity contribution is 1.43. The van der Waals surface area contributed by atoms with Crippen molar-refractivity contribution in [3.8, 4) is 0 Å². The molecule has 0 spiro atoms. The number of nitrogen functional groups attached to an aromatic ring is 1. The van der Waals surface area contributed by atoms with E-state index in [9.17, 15) is 0 Å². The summed E-state index contributed by atoms with van der Waals surface area (Å²) < 4.78 is 1.32. The molecule has 0 aliphatic rings. The van der Waals surface area contributed by atoms with Gasteiger partial charge in [-0.25, -0.2) is 0 Å². The summed E-state index contributed by atoms with van der Waals surface area (Å²) in [4.78, 5) is 1.33. The first-order valence-electron chi connectivity index (χ1n) is 4.03. The summed E-state index contributed by atoms with van der Waals surface area (Å²) in [7, 11) is 0. The zero-order valence-corrected chi connectivity index (χ0v) is 9.26. The number of anilines is 1. The molecule has 2 N–H and O–H groups in total. The van der Waals surface area contributed by atoms with Crippen molar-refractivity contribution in [2.75, 3.05) is 12.0 Å². The van der Waals surface area contributed by atoms with Crippen LogP contribution in [0.2, 0.25) is 0 Å². The Balaban J connectivity index is 2.84. The fourth-order valence-corrected chi connectivity index (χ4v) is 3.26. The topological polar surface area (TPSA) is 26.0 Å². The Labute approximate surface area is 85.9 Å². The number of thioether (sulfide) groups is 1. The SMILES string of the molecule is CSc1cc(C)cc2c(N)csc12. The minimum absolute atomic E-state index is 0.902. The monoisotopic (exact) mass is 209 g/mol. The molecule has 2 aromatic rings. The summed E-state index contributed by atoms with van der Waals surface area (Å²) in [5, 5.41) is 3.22. The Kier molecular flexibility index (Phi) is 2.22. The summed E-state index contributed by atoms with van der Waals surface area (Å²) in [6, 6.07) is 4.36. The second-order valence-electron chi connectivity index (χ2n) is 3.03. The van der Waals surface area contributed by atoms with Crippen molar-refractivity contribution in [2.24, 2.45) is 0 Å². The third kappa shape index (κ3) is 1.42. The highest BCUT2D eigenvalue weighted by atomic mass is 32.2. The molecule has 0 fully saturated rings. The van der Waals surface area contributed by atoms with Gasteiger partial charge in [0.05, 0.1) is 5.69 Å². The van der Waals surface area contributed by atoms with Crippen molar-refractivity contribution >= 4 is 38.9 Å². The molecule has 0 unspecified atom stereocenters. The van der Waals surface area contributed by atoms with Gasteiger partial charge in [0.15, 0.2) is 0 Å². The maximum absolute atomic E-state index is 5.87. The Hall–Kier alpha value is -0.670. The molecule has 1 nitrogen and oxygen atoms in total. The quantitative estimate of drug-likeness (QED) is 0.727. The van der Waals surface area contributed by atoms with E-state index >= 15 is 0 Å². The first kappa shape index (κ1) is 8.91. The van der Waals surface area contributed by atoms with Gasteiger partial charge in [0.1, 0.15) is 0 Å². The maximum Gasteiger partial charge on any atom is 0.0503 e. The minimum Gasteiger partial charge on any atom is -0.398 e. The van der Waals surface area contributed by atoms with Gasteiger partial charge in [-0.05, 0) is 30.9 Å². The summed E-state index contributed by atoms with van der Waals surface area (Å²) in [5.41, 5.74) is 8.05. The third-order valence-corrected chi connectivity index (χ3v) is 3.97. The first-order chi connectivity index (χ1) is 6.22. The van der Waals surface area contributed by atoms with E-state index in [2.05, 4.69) is 25.3 Å². The number of nitrogens with two attached hydrogens (primary N) is 1. The van der Waals surface area contributed by atoms with E-state index < -0.39 is 0 Å². The molecule has 68 valence electrons. The van der Waals surface area contributed by atoms with Crippen molar-refractivity contribution in [1.29, 1.82) is 0 Å². The van der Waals surface area contributed by atoms with Crippen LogP contribution in [-0.2, 0) is 0 Å². The van der Waals surface area contributed by atoms with E-state index in [1.807, 2.05) is 5.38 Å². The van der Waals surface area contributed by atoms with Gasteiger partial charge in [0.2, 0.25) is 0 Å². The van der Waals surface area contributed by atoms with Gasteiger partial charge in [-0.3, -0.25) is 0 Å². The third-order valence-electron chi connectivity index (χ3n) is 2.03. The van der Waals surface area contributed by atoms with Crippen LogP contribution in [0.15, 0.2) is 22.4 Å². The van der Waals surface area contributed by atoms with Gasteiger partial charge in [-0.2, -0.15) is 0 Å². The van der Waals surface area contributed by atoms with Crippen LogP contribution in [0.5, 0.6) is 0 Å². The molecule has 0 amide bonds. The molecule has 3 heteroatoms. The highest BCUT2D eigenvalue weighted by Gasteiger charge is 2.05. The number of hydrogen-bond donors (Lipinski definition) is 1. The molecule has 0 aliphatic heterocycles. The summed E-state index contributed by atoms with van der Waals surface area (Å²) in [5.74, 6) is 0. The van der Waals surface area contributed by atoms with Crippen molar-refractivity contribution in [3.05, 3.63) is 23.1 Å². The van der Waals surface area contributed by atoms with Crippen molar-refractivity contribution in [2.45, 2.75) is 11.8 Å². The molecule has 1 heterocycles. The Bertz CT molecular complexity index is 445. The van der Waals surface area contributed by atoms with Crippen LogP contribution >= 0.6 is 23.1 Å². The lowest BCUT2D eigenvalue weighted by atomic mass is 10.2. The summed E-state index contributed by atoms with van der Waals surface area (Å²) >= 11 is 3.51. The second kappa shape index (κ2) is 3.24. The number of rotatable bonds is 1. The Morgan fingerprint density at radius 1 is 1.38 bits per heavy atom. The largest absolute Gasteiger partial charge is 0.398 e. The van der Waals surface area contributed by atoms with Crippen LogP contribution in [0, 0.1) is 6.92 Å². The van der Waals surface area contributed by atoms with E-state index in [-0.39, 0.29) is 0 Å². The predicted octanol–water partition coefficient (Wildman–Crippen LogP) is 3.51. The fourth-order valence-electron chi connectivity index (χ4n) is 1.41. The predicted molar refractivity (Wildman–Crippen MR) is 62.8 cm³/mol. The van der Waals surface area contributed by atoms with E-state index in [0.717, 1.165) is 5.69 Å². The molecule has 2 rings (SSSR count). The Morgan fingerprint density at radius 3 is 2.85 bits per heavy atom.